The van der Waals surface area contributed by atoms with Crippen molar-refractivity contribution in [1.29, 1.82) is 0 Å². The van der Waals surface area contributed by atoms with Crippen LogP contribution >= 0.6 is 0 Å². The molecule has 1 nitrogen and oxygen atoms in total. The third-order valence-electron chi connectivity index (χ3n) is 15.5. The number of benzene rings is 13. The fourth-order valence-electron chi connectivity index (χ4n) is 12.2. The van der Waals surface area contributed by atoms with E-state index >= 15 is 0 Å². The third kappa shape index (κ3) is 7.08. The first-order valence-corrected chi connectivity index (χ1v) is 25.7. The molecule has 0 fully saturated rings. The standard InChI is InChI=1S/C73H49N/c1-5-22-51(23-6-1)71-67-37-16-15-35-63(67)64-43-41-57(48-68(64)72(71)52-24-7-2-8-25-52)55-28-20-34-61(47-55)74(60-33-19-27-54(46-60)56-40-39-50-21-13-14-26-53(50)45-56)62-42-44-66-65-36-17-18-38-69(65)73(70(66)49-62,58-29-9-3-10-30-58)59-31-11-4-12-32-59/h1-49H. The van der Waals surface area contributed by atoms with Gasteiger partial charge in [0, 0.05) is 17.1 Å². The maximum Gasteiger partial charge on any atom is 0.0714 e. The number of hydrogen-bond donors (Lipinski definition) is 0. The van der Waals surface area contributed by atoms with Crippen molar-refractivity contribution in [3.05, 3.63) is 320 Å². The Morgan fingerprint density at radius 1 is 0.230 bits per heavy atom. The molecule has 0 bridgehead atoms. The van der Waals surface area contributed by atoms with Gasteiger partial charge in [0.2, 0.25) is 0 Å². The zero-order chi connectivity index (χ0) is 49.0. The molecular weight excluding hydrogens is 891 g/mol. The highest BCUT2D eigenvalue weighted by molar-refractivity contribution is 6.22. The molecule has 0 unspecified atom stereocenters. The molecular formula is C73H49N. The van der Waals surface area contributed by atoms with Crippen LogP contribution in [0.5, 0.6) is 0 Å². The molecule has 1 aliphatic carbocycles. The monoisotopic (exact) mass is 939 g/mol. The highest BCUT2D eigenvalue weighted by Crippen LogP contribution is 2.57. The number of rotatable bonds is 9. The SMILES string of the molecule is c1ccc(-c2c(-c3ccccc3)c3cc(-c4cccc(N(c5cccc(-c6ccc7ccccc7c6)c5)c5ccc6c(c5)C(c5ccccc5)(c5ccccc5)c5ccccc5-6)c4)ccc3c3ccccc23)cc1. The van der Waals surface area contributed by atoms with Crippen LogP contribution < -0.4 is 4.90 Å². The second-order valence-corrected chi connectivity index (χ2v) is 19.5. The number of anilines is 3. The Morgan fingerprint density at radius 2 is 0.689 bits per heavy atom. The van der Waals surface area contributed by atoms with Crippen LogP contribution in [0, 0.1) is 0 Å². The quantitative estimate of drug-likeness (QED) is 0.130. The minimum atomic E-state index is -0.546. The van der Waals surface area contributed by atoms with Crippen LogP contribution in [0.25, 0.3) is 88.0 Å². The van der Waals surface area contributed by atoms with Crippen molar-refractivity contribution in [3.63, 3.8) is 0 Å². The maximum absolute atomic E-state index is 2.48. The summed E-state index contributed by atoms with van der Waals surface area (Å²) in [4.78, 5) is 2.47. The van der Waals surface area contributed by atoms with E-state index in [9.17, 15) is 0 Å². The van der Waals surface area contributed by atoms with Crippen molar-refractivity contribution in [3.8, 4) is 55.6 Å². The highest BCUT2D eigenvalue weighted by atomic mass is 15.1. The fourth-order valence-corrected chi connectivity index (χ4v) is 12.2. The number of fused-ring (bicyclic) bond motifs is 7. The van der Waals surface area contributed by atoms with Crippen molar-refractivity contribution in [2.24, 2.45) is 0 Å². The van der Waals surface area contributed by atoms with Crippen LogP contribution in [0.15, 0.2) is 297 Å². The predicted octanol–water partition coefficient (Wildman–Crippen LogP) is 19.6. The molecule has 1 heteroatoms. The van der Waals surface area contributed by atoms with Crippen LogP contribution in [0.2, 0.25) is 0 Å². The fraction of sp³-hybridized carbons (Fsp3) is 0.0137. The van der Waals surface area contributed by atoms with E-state index in [-0.39, 0.29) is 0 Å². The van der Waals surface area contributed by atoms with Gasteiger partial charge in [-0.25, -0.2) is 0 Å². The normalized spacial score (nSPS) is 12.4. The molecule has 0 saturated carbocycles. The van der Waals surface area contributed by atoms with E-state index in [1.807, 2.05) is 0 Å². The van der Waals surface area contributed by atoms with E-state index in [4.69, 9.17) is 0 Å². The Kier molecular flexibility index (Phi) is 10.5. The topological polar surface area (TPSA) is 3.24 Å². The third-order valence-corrected chi connectivity index (χ3v) is 15.5. The largest absolute Gasteiger partial charge is 0.310 e. The molecule has 0 atom stereocenters. The molecule has 74 heavy (non-hydrogen) atoms. The second-order valence-electron chi connectivity index (χ2n) is 19.5. The predicted molar refractivity (Wildman–Crippen MR) is 313 cm³/mol. The van der Waals surface area contributed by atoms with Gasteiger partial charge in [0.1, 0.15) is 0 Å². The van der Waals surface area contributed by atoms with Crippen molar-refractivity contribution < 1.29 is 0 Å². The lowest BCUT2D eigenvalue weighted by Crippen LogP contribution is -2.28. The maximum atomic E-state index is 2.48. The molecule has 0 saturated heterocycles. The summed E-state index contributed by atoms with van der Waals surface area (Å²) < 4.78 is 0. The van der Waals surface area contributed by atoms with Gasteiger partial charge in [-0.05, 0) is 159 Å². The first kappa shape index (κ1) is 43.2. The Morgan fingerprint density at radius 3 is 1.35 bits per heavy atom. The molecule has 0 radical (unpaired) electrons. The molecule has 1 aliphatic rings. The Balaban J connectivity index is 0.994. The van der Waals surface area contributed by atoms with Crippen molar-refractivity contribution in [1.82, 2.24) is 0 Å². The average Bonchev–Trinajstić information content (AvgIpc) is 3.78. The second kappa shape index (κ2) is 17.9. The van der Waals surface area contributed by atoms with Gasteiger partial charge in [-0.3, -0.25) is 0 Å². The summed E-state index contributed by atoms with van der Waals surface area (Å²) in [5.74, 6) is 0. The minimum Gasteiger partial charge on any atom is -0.310 e. The van der Waals surface area contributed by atoms with Gasteiger partial charge >= 0.3 is 0 Å². The van der Waals surface area contributed by atoms with Crippen molar-refractivity contribution in [2.45, 2.75) is 5.41 Å². The van der Waals surface area contributed by atoms with Gasteiger partial charge in [-0.1, -0.05) is 249 Å². The summed E-state index contributed by atoms with van der Waals surface area (Å²) in [7, 11) is 0. The first-order chi connectivity index (χ1) is 36.7. The molecule has 13 aromatic rings. The summed E-state index contributed by atoms with van der Waals surface area (Å²) >= 11 is 0. The van der Waals surface area contributed by atoms with Gasteiger partial charge in [0.15, 0.2) is 0 Å². The molecule has 346 valence electrons. The van der Waals surface area contributed by atoms with Crippen LogP contribution in [-0.2, 0) is 5.41 Å². The van der Waals surface area contributed by atoms with Gasteiger partial charge in [0.05, 0.1) is 5.41 Å². The van der Waals surface area contributed by atoms with Gasteiger partial charge in [-0.15, -0.1) is 0 Å². The minimum absolute atomic E-state index is 0.546. The summed E-state index contributed by atoms with van der Waals surface area (Å²) in [6, 6.07) is 110. The lowest BCUT2D eigenvalue weighted by atomic mass is 9.67. The zero-order valence-electron chi connectivity index (χ0n) is 40.7. The number of nitrogens with zero attached hydrogens (tertiary/aromatic N) is 1. The summed E-state index contributed by atoms with van der Waals surface area (Å²) in [6.45, 7) is 0. The first-order valence-electron chi connectivity index (χ1n) is 25.7. The average molecular weight is 940 g/mol. The molecule has 14 rings (SSSR count). The van der Waals surface area contributed by atoms with Gasteiger partial charge in [0.25, 0.3) is 0 Å². The van der Waals surface area contributed by atoms with Gasteiger partial charge < -0.3 is 4.90 Å². The van der Waals surface area contributed by atoms with E-state index in [0.29, 0.717) is 0 Å². The van der Waals surface area contributed by atoms with Crippen LogP contribution in [-0.4, -0.2) is 0 Å². The zero-order valence-corrected chi connectivity index (χ0v) is 40.7. The Bertz CT molecular complexity index is 4200. The summed E-state index contributed by atoms with van der Waals surface area (Å²) in [6.07, 6.45) is 0. The summed E-state index contributed by atoms with van der Waals surface area (Å²) in [5.41, 5.74) is 19.8. The van der Waals surface area contributed by atoms with E-state index < -0.39 is 5.41 Å². The molecule has 0 aliphatic heterocycles. The molecule has 0 aromatic heterocycles. The van der Waals surface area contributed by atoms with E-state index in [1.54, 1.807) is 0 Å². The Hall–Kier alpha value is -9.56. The van der Waals surface area contributed by atoms with Gasteiger partial charge in [-0.2, -0.15) is 0 Å². The van der Waals surface area contributed by atoms with Crippen LogP contribution in [0.3, 0.4) is 0 Å². The highest BCUT2D eigenvalue weighted by Gasteiger charge is 2.46. The van der Waals surface area contributed by atoms with E-state index in [1.165, 1.54) is 93.5 Å². The van der Waals surface area contributed by atoms with Crippen molar-refractivity contribution >= 4 is 49.4 Å². The van der Waals surface area contributed by atoms with Crippen LogP contribution in [0.1, 0.15) is 22.3 Å². The van der Waals surface area contributed by atoms with E-state index in [0.717, 1.165) is 33.8 Å². The number of hydrogen-bond acceptors (Lipinski definition) is 1. The van der Waals surface area contributed by atoms with Crippen LogP contribution in [0.4, 0.5) is 17.1 Å². The van der Waals surface area contributed by atoms with E-state index in [2.05, 4.69) is 302 Å². The summed E-state index contributed by atoms with van der Waals surface area (Å²) in [5, 5.41) is 7.44. The molecule has 0 N–H and O–H groups in total. The van der Waals surface area contributed by atoms with Crippen molar-refractivity contribution in [2.75, 3.05) is 4.90 Å². The Labute approximate surface area is 432 Å². The molecule has 0 amide bonds. The lowest BCUT2D eigenvalue weighted by Gasteiger charge is -2.35. The lowest BCUT2D eigenvalue weighted by molar-refractivity contribution is 0.768. The molecule has 0 spiro atoms. The molecule has 13 aromatic carbocycles. The smallest absolute Gasteiger partial charge is 0.0714 e. The molecule has 0 heterocycles.